The van der Waals surface area contributed by atoms with E-state index < -0.39 is 17.1 Å². The predicted molar refractivity (Wildman–Crippen MR) is 70.2 cm³/mol. The van der Waals surface area contributed by atoms with Crippen LogP contribution in [0.3, 0.4) is 0 Å². The second kappa shape index (κ2) is 5.57. The molecule has 1 aliphatic heterocycles. The first-order chi connectivity index (χ1) is 9.06. The number of hydrogen-bond acceptors (Lipinski definition) is 5. The van der Waals surface area contributed by atoms with Crippen LogP contribution in [0, 0.1) is 0 Å². The number of benzene rings is 1. The van der Waals surface area contributed by atoms with Gasteiger partial charge in [0.1, 0.15) is 5.75 Å². The molecule has 19 heavy (non-hydrogen) atoms. The van der Waals surface area contributed by atoms with Gasteiger partial charge in [0.25, 0.3) is 17.1 Å². The van der Waals surface area contributed by atoms with E-state index in [1.165, 1.54) is 6.08 Å². The highest BCUT2D eigenvalue weighted by molar-refractivity contribution is 8.18. The number of nitrogens with one attached hydrogen (secondary N) is 1. The molecule has 0 bridgehead atoms. The number of carbonyl (C=O) groups is 3. The average molecular weight is 278 g/mol. The van der Waals surface area contributed by atoms with Crippen LogP contribution in [-0.4, -0.2) is 23.7 Å². The lowest BCUT2D eigenvalue weighted by Gasteiger charge is -2.07. The first kappa shape index (κ1) is 13.2. The van der Waals surface area contributed by atoms with Crippen LogP contribution >= 0.6 is 11.8 Å². The third-order valence-electron chi connectivity index (χ3n) is 2.22. The van der Waals surface area contributed by atoms with Crippen molar-refractivity contribution < 1.29 is 19.1 Å². The fourth-order valence-electron chi connectivity index (χ4n) is 1.44. The Bertz CT molecular complexity index is 583. The van der Waals surface area contributed by atoms with Gasteiger partial charge in [-0.1, -0.05) is 18.2 Å². The molecule has 1 heterocycles. The van der Waals surface area contributed by atoms with Crippen molar-refractivity contribution in [3.05, 3.63) is 34.7 Å². The SMILES string of the molecule is NC(=O)COc1ccccc1/C=C1\SC(=O)NC1=O. The highest BCUT2D eigenvalue weighted by Gasteiger charge is 2.25. The highest BCUT2D eigenvalue weighted by Crippen LogP contribution is 2.28. The molecule has 7 heteroatoms. The second-order valence-corrected chi connectivity index (χ2v) is 4.66. The van der Waals surface area contributed by atoms with E-state index in [0.29, 0.717) is 11.3 Å². The van der Waals surface area contributed by atoms with Gasteiger partial charge < -0.3 is 10.5 Å². The van der Waals surface area contributed by atoms with Crippen molar-refractivity contribution in [2.45, 2.75) is 0 Å². The number of thioether (sulfide) groups is 1. The Labute approximate surface area is 113 Å². The molecule has 1 aromatic rings. The zero-order chi connectivity index (χ0) is 13.8. The smallest absolute Gasteiger partial charge is 0.290 e. The third-order valence-corrected chi connectivity index (χ3v) is 3.03. The Kier molecular flexibility index (Phi) is 3.86. The maximum atomic E-state index is 11.4. The third kappa shape index (κ3) is 3.35. The van der Waals surface area contributed by atoms with Crippen molar-refractivity contribution in [1.82, 2.24) is 5.32 Å². The van der Waals surface area contributed by atoms with Gasteiger partial charge in [0, 0.05) is 5.56 Å². The number of ether oxygens (including phenoxy) is 1. The quantitative estimate of drug-likeness (QED) is 0.796. The van der Waals surface area contributed by atoms with Gasteiger partial charge in [-0.15, -0.1) is 0 Å². The Balaban J connectivity index is 2.25. The Morgan fingerprint density at radius 3 is 2.74 bits per heavy atom. The molecule has 0 saturated carbocycles. The molecule has 0 unspecified atom stereocenters. The number of para-hydroxylation sites is 1. The zero-order valence-corrected chi connectivity index (χ0v) is 10.5. The molecule has 0 aliphatic carbocycles. The Morgan fingerprint density at radius 1 is 1.37 bits per heavy atom. The molecule has 1 aromatic carbocycles. The largest absolute Gasteiger partial charge is 0.483 e. The molecule has 0 radical (unpaired) electrons. The molecular formula is C12H10N2O4S. The first-order valence-corrected chi connectivity index (χ1v) is 6.13. The van der Waals surface area contributed by atoms with Crippen molar-refractivity contribution in [2.24, 2.45) is 5.73 Å². The fraction of sp³-hybridized carbons (Fsp3) is 0.0833. The minimum atomic E-state index is -0.592. The summed E-state index contributed by atoms with van der Waals surface area (Å²) in [6.07, 6.45) is 1.53. The number of rotatable bonds is 4. The van der Waals surface area contributed by atoms with Gasteiger partial charge in [0.05, 0.1) is 4.91 Å². The summed E-state index contributed by atoms with van der Waals surface area (Å²) in [5.74, 6) is -0.619. The van der Waals surface area contributed by atoms with Crippen molar-refractivity contribution in [2.75, 3.05) is 6.61 Å². The molecule has 2 rings (SSSR count). The van der Waals surface area contributed by atoms with E-state index >= 15 is 0 Å². The summed E-state index contributed by atoms with van der Waals surface area (Å²) in [6, 6.07) is 6.84. The van der Waals surface area contributed by atoms with Crippen molar-refractivity contribution in [3.63, 3.8) is 0 Å². The minimum absolute atomic E-state index is 0.252. The van der Waals surface area contributed by atoms with E-state index in [1.54, 1.807) is 24.3 Å². The molecule has 1 saturated heterocycles. The van der Waals surface area contributed by atoms with E-state index in [4.69, 9.17) is 10.5 Å². The summed E-state index contributed by atoms with van der Waals surface area (Å²) < 4.78 is 5.23. The molecule has 3 N–H and O–H groups in total. The Hall–Kier alpha value is -2.28. The van der Waals surface area contributed by atoms with Crippen molar-refractivity contribution >= 4 is 34.9 Å². The predicted octanol–water partition coefficient (Wildman–Crippen LogP) is 0.875. The standard InChI is InChI=1S/C12H10N2O4S/c13-10(15)6-18-8-4-2-1-3-7(8)5-9-11(16)14-12(17)19-9/h1-5H,6H2,(H2,13,15)(H,14,16,17)/b9-5-. The zero-order valence-electron chi connectivity index (χ0n) is 9.71. The number of amides is 3. The maximum Gasteiger partial charge on any atom is 0.290 e. The molecule has 1 aliphatic rings. The lowest BCUT2D eigenvalue weighted by atomic mass is 10.2. The molecule has 98 valence electrons. The number of nitrogens with two attached hydrogens (primary N) is 1. The summed E-state index contributed by atoms with van der Waals surface area (Å²) in [4.78, 5) is 33.5. The lowest BCUT2D eigenvalue weighted by Crippen LogP contribution is -2.20. The van der Waals surface area contributed by atoms with E-state index in [0.717, 1.165) is 11.8 Å². The van der Waals surface area contributed by atoms with Gasteiger partial charge in [0.2, 0.25) is 0 Å². The van der Waals surface area contributed by atoms with Crippen LogP contribution < -0.4 is 15.8 Å². The lowest BCUT2D eigenvalue weighted by molar-refractivity contribution is -0.120. The van der Waals surface area contributed by atoms with Crippen LogP contribution in [0.25, 0.3) is 6.08 Å². The summed E-state index contributed by atoms with van der Waals surface area (Å²) in [7, 11) is 0. The molecular weight excluding hydrogens is 268 g/mol. The summed E-state index contributed by atoms with van der Waals surface area (Å²) in [5.41, 5.74) is 5.60. The molecule has 6 nitrogen and oxygen atoms in total. The van der Waals surface area contributed by atoms with Crippen molar-refractivity contribution in [1.29, 1.82) is 0 Å². The van der Waals surface area contributed by atoms with Gasteiger partial charge in [-0.2, -0.15) is 0 Å². The van der Waals surface area contributed by atoms with Gasteiger partial charge in [-0.25, -0.2) is 0 Å². The second-order valence-electron chi connectivity index (χ2n) is 3.65. The van der Waals surface area contributed by atoms with Gasteiger partial charge in [-0.05, 0) is 23.9 Å². The minimum Gasteiger partial charge on any atom is -0.483 e. The van der Waals surface area contributed by atoms with Crippen molar-refractivity contribution in [3.8, 4) is 5.75 Å². The number of carbonyl (C=O) groups excluding carboxylic acids is 3. The molecule has 0 atom stereocenters. The number of hydrogen-bond donors (Lipinski definition) is 2. The topological polar surface area (TPSA) is 98.5 Å². The summed E-state index contributed by atoms with van der Waals surface area (Å²) in [5, 5.41) is 1.75. The maximum absolute atomic E-state index is 11.4. The van der Waals surface area contributed by atoms with Crippen LogP contribution in [0.15, 0.2) is 29.2 Å². The monoisotopic (exact) mass is 278 g/mol. The fourth-order valence-corrected chi connectivity index (χ4v) is 2.12. The molecule has 0 aromatic heterocycles. The van der Waals surface area contributed by atoms with Gasteiger partial charge >= 0.3 is 0 Å². The van der Waals surface area contributed by atoms with E-state index in [1.807, 2.05) is 0 Å². The van der Waals surface area contributed by atoms with Crippen LogP contribution in [0.2, 0.25) is 0 Å². The molecule has 3 amide bonds. The first-order valence-electron chi connectivity index (χ1n) is 5.31. The van der Waals surface area contributed by atoms with Gasteiger partial charge in [-0.3, -0.25) is 19.7 Å². The van der Waals surface area contributed by atoms with Crippen LogP contribution in [-0.2, 0) is 9.59 Å². The average Bonchev–Trinajstić information content (AvgIpc) is 2.67. The van der Waals surface area contributed by atoms with E-state index in [9.17, 15) is 14.4 Å². The Morgan fingerprint density at radius 2 is 2.11 bits per heavy atom. The number of imide groups is 1. The van der Waals surface area contributed by atoms with E-state index in [-0.39, 0.29) is 11.5 Å². The molecule has 0 spiro atoms. The number of primary amides is 1. The molecule has 1 fully saturated rings. The van der Waals surface area contributed by atoms with Crippen LogP contribution in [0.4, 0.5) is 4.79 Å². The summed E-state index contributed by atoms with van der Waals surface area (Å²) in [6.45, 7) is -0.252. The highest BCUT2D eigenvalue weighted by atomic mass is 32.2. The summed E-state index contributed by atoms with van der Waals surface area (Å²) >= 11 is 0.816. The van der Waals surface area contributed by atoms with E-state index in [2.05, 4.69) is 5.32 Å². The van der Waals surface area contributed by atoms with Crippen LogP contribution in [0.5, 0.6) is 5.75 Å². The van der Waals surface area contributed by atoms with Gasteiger partial charge in [0.15, 0.2) is 6.61 Å². The van der Waals surface area contributed by atoms with Crippen LogP contribution in [0.1, 0.15) is 5.56 Å². The normalized spacial score (nSPS) is 16.5.